The summed E-state index contributed by atoms with van der Waals surface area (Å²) in [7, 11) is 6.36. The van der Waals surface area contributed by atoms with Gasteiger partial charge >= 0.3 is 0 Å². The number of guanidine groups is 1. The number of hydrogen-bond acceptors (Lipinski definition) is 5. The number of nitrogens with zero attached hydrogens (tertiary/aromatic N) is 1. The second-order valence-corrected chi connectivity index (χ2v) is 6.55. The van der Waals surface area contributed by atoms with E-state index in [2.05, 4.69) is 20.9 Å². The van der Waals surface area contributed by atoms with E-state index in [0.717, 1.165) is 5.56 Å². The van der Waals surface area contributed by atoms with Gasteiger partial charge in [-0.25, -0.2) is 4.99 Å². The van der Waals surface area contributed by atoms with Crippen molar-refractivity contribution in [1.82, 2.24) is 16.0 Å². The zero-order valence-electron chi connectivity index (χ0n) is 17.4. The average molecular weight is 380 g/mol. The van der Waals surface area contributed by atoms with Crippen LogP contribution >= 0.6 is 0 Å². The Morgan fingerprint density at radius 2 is 1.67 bits per heavy atom. The number of aliphatic imine (C=N–C) groups is 1. The molecule has 0 atom stereocenters. The fourth-order valence-electron chi connectivity index (χ4n) is 2.46. The van der Waals surface area contributed by atoms with Crippen LogP contribution in [-0.4, -0.2) is 53.3 Å². The maximum Gasteiger partial charge on any atom is 0.227 e. The minimum atomic E-state index is -0.558. The minimum absolute atomic E-state index is 0.0320. The van der Waals surface area contributed by atoms with Crippen LogP contribution in [0.2, 0.25) is 0 Å². The van der Waals surface area contributed by atoms with E-state index in [1.54, 1.807) is 28.4 Å². The molecule has 0 saturated heterocycles. The largest absolute Gasteiger partial charge is 0.493 e. The maximum absolute atomic E-state index is 11.9. The Hall–Kier alpha value is -2.64. The van der Waals surface area contributed by atoms with E-state index in [1.807, 2.05) is 32.9 Å². The van der Waals surface area contributed by atoms with Crippen LogP contribution in [0.3, 0.4) is 0 Å². The molecule has 0 saturated carbocycles. The summed E-state index contributed by atoms with van der Waals surface area (Å²) in [6.45, 7) is 7.31. The van der Waals surface area contributed by atoms with Crippen LogP contribution in [0.1, 0.15) is 26.3 Å². The molecule has 8 heteroatoms. The van der Waals surface area contributed by atoms with E-state index in [1.165, 1.54) is 0 Å². The van der Waals surface area contributed by atoms with Crippen molar-refractivity contribution in [2.75, 3.05) is 41.5 Å². The summed E-state index contributed by atoms with van der Waals surface area (Å²) in [6, 6.07) is 3.73. The predicted octanol–water partition coefficient (Wildman–Crippen LogP) is 1.54. The fourth-order valence-corrected chi connectivity index (χ4v) is 2.46. The Morgan fingerprint density at radius 3 is 2.11 bits per heavy atom. The quantitative estimate of drug-likeness (QED) is 0.445. The van der Waals surface area contributed by atoms with Crippen LogP contribution in [0.15, 0.2) is 17.1 Å². The van der Waals surface area contributed by atoms with Crippen molar-refractivity contribution < 1.29 is 19.0 Å². The number of amides is 1. The lowest BCUT2D eigenvalue weighted by Gasteiger charge is -2.24. The maximum atomic E-state index is 11.9. The molecule has 0 unspecified atom stereocenters. The van der Waals surface area contributed by atoms with Crippen molar-refractivity contribution in [1.29, 1.82) is 0 Å². The molecule has 1 amide bonds. The van der Waals surface area contributed by atoms with Gasteiger partial charge in [0.15, 0.2) is 17.5 Å². The number of nitrogens with one attached hydrogen (secondary N) is 3. The van der Waals surface area contributed by atoms with Gasteiger partial charge in [-0.1, -0.05) is 0 Å². The Balaban J connectivity index is 2.96. The first-order chi connectivity index (χ1) is 12.8. The summed E-state index contributed by atoms with van der Waals surface area (Å²) in [5.41, 5.74) is 0.351. The van der Waals surface area contributed by atoms with Gasteiger partial charge in [-0.3, -0.25) is 4.79 Å². The van der Waals surface area contributed by atoms with E-state index < -0.39 is 5.41 Å². The van der Waals surface area contributed by atoms with Crippen LogP contribution in [0.5, 0.6) is 17.2 Å². The second kappa shape index (κ2) is 10.5. The molecule has 0 heterocycles. The number of ether oxygens (including phenoxy) is 3. The smallest absolute Gasteiger partial charge is 0.227 e. The number of carbonyl (C=O) groups is 1. The summed E-state index contributed by atoms with van der Waals surface area (Å²) in [4.78, 5) is 16.5. The van der Waals surface area contributed by atoms with E-state index >= 15 is 0 Å². The highest BCUT2D eigenvalue weighted by molar-refractivity contribution is 5.84. The van der Waals surface area contributed by atoms with E-state index in [9.17, 15) is 4.79 Å². The molecule has 3 N–H and O–H groups in total. The van der Waals surface area contributed by atoms with Gasteiger partial charge in [0.05, 0.1) is 33.3 Å². The summed E-state index contributed by atoms with van der Waals surface area (Å²) >= 11 is 0. The topological polar surface area (TPSA) is 93.2 Å². The zero-order valence-corrected chi connectivity index (χ0v) is 17.4. The van der Waals surface area contributed by atoms with Crippen molar-refractivity contribution in [3.8, 4) is 17.2 Å². The van der Waals surface area contributed by atoms with Crippen LogP contribution in [0, 0.1) is 5.41 Å². The fraction of sp³-hybridized carbons (Fsp3) is 0.579. The molecule has 152 valence electrons. The monoisotopic (exact) mass is 380 g/mol. The van der Waals surface area contributed by atoms with Gasteiger partial charge in [0.1, 0.15) is 0 Å². The molecule has 1 rings (SSSR count). The van der Waals surface area contributed by atoms with Crippen LogP contribution < -0.4 is 30.2 Å². The van der Waals surface area contributed by atoms with Gasteiger partial charge in [0.25, 0.3) is 0 Å². The lowest BCUT2D eigenvalue weighted by molar-refractivity contribution is -0.128. The molecule has 27 heavy (non-hydrogen) atoms. The molecule has 0 aromatic heterocycles. The third-order valence-corrected chi connectivity index (χ3v) is 4.03. The molecular formula is C19H32N4O4. The highest BCUT2D eigenvalue weighted by Crippen LogP contribution is 2.38. The lowest BCUT2D eigenvalue weighted by Crippen LogP contribution is -2.47. The summed E-state index contributed by atoms with van der Waals surface area (Å²) in [6.07, 6.45) is 0. The van der Waals surface area contributed by atoms with Crippen molar-refractivity contribution >= 4 is 11.9 Å². The first-order valence-electron chi connectivity index (χ1n) is 8.86. The van der Waals surface area contributed by atoms with Gasteiger partial charge in [-0.05, 0) is 38.5 Å². The molecule has 0 aliphatic rings. The van der Waals surface area contributed by atoms with Crippen molar-refractivity contribution in [2.24, 2.45) is 10.4 Å². The third kappa shape index (κ3) is 6.23. The lowest BCUT2D eigenvalue weighted by atomic mass is 9.92. The Morgan fingerprint density at radius 1 is 1.07 bits per heavy atom. The number of rotatable bonds is 9. The highest BCUT2D eigenvalue weighted by atomic mass is 16.5. The Labute approximate surface area is 161 Å². The third-order valence-electron chi connectivity index (χ3n) is 4.03. The molecule has 1 aromatic rings. The number of carbonyl (C=O) groups excluding carboxylic acids is 1. The van der Waals surface area contributed by atoms with Crippen molar-refractivity contribution in [3.05, 3.63) is 17.7 Å². The Kier molecular flexibility index (Phi) is 8.71. The molecular weight excluding hydrogens is 348 g/mol. The van der Waals surface area contributed by atoms with Gasteiger partial charge < -0.3 is 30.2 Å². The predicted molar refractivity (Wildman–Crippen MR) is 107 cm³/mol. The molecule has 0 radical (unpaired) electrons. The average Bonchev–Trinajstić information content (AvgIpc) is 2.68. The number of methoxy groups -OCH3 is 3. The molecule has 1 aromatic carbocycles. The van der Waals surface area contributed by atoms with Gasteiger partial charge in [-0.2, -0.15) is 0 Å². The zero-order chi connectivity index (χ0) is 20.4. The van der Waals surface area contributed by atoms with Crippen LogP contribution in [0.25, 0.3) is 0 Å². The normalized spacial score (nSPS) is 11.6. The second-order valence-electron chi connectivity index (χ2n) is 6.55. The molecule has 0 spiro atoms. The standard InChI is InChI=1S/C19H32N4O4/c1-8-21-18(23-12-19(2,3)17(24)20-4)22-11-13-9-14(25-5)16(27-7)15(10-13)26-6/h9-10H,8,11-12H2,1-7H3,(H,20,24)(H2,21,22,23). The Bertz CT molecular complexity index is 634. The first kappa shape index (κ1) is 22.4. The molecule has 0 fully saturated rings. The number of benzene rings is 1. The van der Waals surface area contributed by atoms with Gasteiger partial charge in [0.2, 0.25) is 11.7 Å². The molecule has 0 aliphatic carbocycles. The molecule has 8 nitrogen and oxygen atoms in total. The number of hydrogen-bond donors (Lipinski definition) is 3. The summed E-state index contributed by atoms with van der Waals surface area (Å²) in [5.74, 6) is 2.31. The van der Waals surface area contributed by atoms with Crippen LogP contribution in [-0.2, 0) is 11.3 Å². The minimum Gasteiger partial charge on any atom is -0.493 e. The first-order valence-corrected chi connectivity index (χ1v) is 8.86. The van der Waals surface area contributed by atoms with Crippen molar-refractivity contribution in [3.63, 3.8) is 0 Å². The van der Waals surface area contributed by atoms with Gasteiger partial charge in [-0.15, -0.1) is 0 Å². The highest BCUT2D eigenvalue weighted by Gasteiger charge is 2.26. The van der Waals surface area contributed by atoms with Crippen LogP contribution in [0.4, 0.5) is 0 Å². The van der Waals surface area contributed by atoms with E-state index in [0.29, 0.717) is 42.8 Å². The summed E-state index contributed by atoms with van der Waals surface area (Å²) < 4.78 is 16.1. The van der Waals surface area contributed by atoms with E-state index in [-0.39, 0.29) is 5.91 Å². The van der Waals surface area contributed by atoms with Crippen molar-refractivity contribution in [2.45, 2.75) is 27.3 Å². The summed E-state index contributed by atoms with van der Waals surface area (Å²) in [5, 5.41) is 9.08. The SMILES string of the molecule is CCNC(=NCc1cc(OC)c(OC)c(OC)c1)NCC(C)(C)C(=O)NC. The van der Waals surface area contributed by atoms with Gasteiger partial charge in [0, 0.05) is 20.1 Å². The van der Waals surface area contributed by atoms with E-state index in [4.69, 9.17) is 14.2 Å². The molecule has 0 aliphatic heterocycles. The molecule has 0 bridgehead atoms.